The van der Waals surface area contributed by atoms with Gasteiger partial charge in [-0.1, -0.05) is 71.7 Å². The Hall–Kier alpha value is -1.87. The minimum Gasteiger partial charge on any atom is -0.341 e. The molecule has 0 aliphatic heterocycles. The number of hydrogen-bond donors (Lipinski definition) is 1. The molecule has 0 aliphatic rings. The van der Waals surface area contributed by atoms with Gasteiger partial charge in [0.25, 0.3) is 0 Å². The van der Waals surface area contributed by atoms with Crippen molar-refractivity contribution < 1.29 is 0 Å². The minimum atomic E-state index is 0.949. The molecular weight excluding hydrogens is 336 g/mol. The van der Waals surface area contributed by atoms with Crippen LogP contribution in [0.1, 0.15) is 25.5 Å². The number of halogens is 1. The largest absolute Gasteiger partial charge is 0.341 e. The van der Waals surface area contributed by atoms with E-state index in [2.05, 4.69) is 64.2 Å². The fourth-order valence-corrected chi connectivity index (χ4v) is 2.79. The van der Waals surface area contributed by atoms with Crippen LogP contribution in [0.4, 0.5) is 0 Å². The number of aryl methyl sites for hydroxylation is 1. The number of hydrogen-bond acceptors (Lipinski definition) is 1. The van der Waals surface area contributed by atoms with Gasteiger partial charge in [-0.25, -0.2) is 4.98 Å². The molecule has 3 heteroatoms. The van der Waals surface area contributed by atoms with Gasteiger partial charge in [-0.2, -0.15) is 0 Å². The van der Waals surface area contributed by atoms with Crippen molar-refractivity contribution in [3.05, 3.63) is 64.8 Å². The molecule has 0 amide bonds. The van der Waals surface area contributed by atoms with E-state index in [1.54, 1.807) is 0 Å². The monoisotopic (exact) mass is 354 g/mol. The third-order valence-electron chi connectivity index (χ3n) is 3.72. The van der Waals surface area contributed by atoms with E-state index in [9.17, 15) is 0 Å². The zero-order chi connectivity index (χ0) is 15.4. The SMILES string of the molecule is CCCCc1[nH]c(-c2ccccc2)nc1-c1ccc(Br)cc1. The van der Waals surface area contributed by atoms with E-state index in [-0.39, 0.29) is 0 Å². The molecule has 0 bridgehead atoms. The maximum atomic E-state index is 4.86. The predicted octanol–water partition coefficient (Wildman–Crippen LogP) is 5.85. The van der Waals surface area contributed by atoms with E-state index in [1.165, 1.54) is 18.5 Å². The number of aromatic amines is 1. The summed E-state index contributed by atoms with van der Waals surface area (Å²) in [6.45, 7) is 2.22. The summed E-state index contributed by atoms with van der Waals surface area (Å²) in [5.41, 5.74) is 4.58. The van der Waals surface area contributed by atoms with Crippen molar-refractivity contribution in [2.24, 2.45) is 0 Å². The fourth-order valence-electron chi connectivity index (χ4n) is 2.52. The van der Waals surface area contributed by atoms with Gasteiger partial charge in [-0.3, -0.25) is 0 Å². The number of H-pyrrole nitrogens is 1. The van der Waals surface area contributed by atoms with Gasteiger partial charge in [0.1, 0.15) is 5.82 Å². The molecule has 0 atom stereocenters. The first-order valence-electron chi connectivity index (χ1n) is 7.68. The van der Waals surface area contributed by atoms with Gasteiger partial charge in [-0.05, 0) is 25.0 Å². The number of rotatable bonds is 5. The summed E-state index contributed by atoms with van der Waals surface area (Å²) in [5.74, 6) is 0.949. The molecular formula is C19H19BrN2. The molecule has 0 unspecified atom stereocenters. The number of benzene rings is 2. The third-order valence-corrected chi connectivity index (χ3v) is 4.25. The normalized spacial score (nSPS) is 10.8. The molecule has 0 fully saturated rings. The molecule has 1 heterocycles. The molecule has 0 aliphatic carbocycles. The lowest BCUT2D eigenvalue weighted by molar-refractivity contribution is 0.782. The molecule has 1 aromatic heterocycles. The summed E-state index contributed by atoms with van der Waals surface area (Å²) in [5, 5.41) is 0. The van der Waals surface area contributed by atoms with Crippen LogP contribution >= 0.6 is 15.9 Å². The molecule has 3 aromatic rings. The Balaban J connectivity index is 2.03. The van der Waals surface area contributed by atoms with Crippen LogP contribution in [0, 0.1) is 0 Å². The van der Waals surface area contributed by atoms with E-state index in [4.69, 9.17) is 4.98 Å². The van der Waals surface area contributed by atoms with Crippen LogP contribution in [0.3, 0.4) is 0 Å². The van der Waals surface area contributed by atoms with Crippen molar-refractivity contribution in [1.29, 1.82) is 0 Å². The number of unbranched alkanes of at least 4 members (excludes halogenated alkanes) is 1. The highest BCUT2D eigenvalue weighted by molar-refractivity contribution is 9.10. The third kappa shape index (κ3) is 3.30. The van der Waals surface area contributed by atoms with Gasteiger partial charge in [-0.15, -0.1) is 0 Å². The highest BCUT2D eigenvalue weighted by Crippen LogP contribution is 2.28. The first-order valence-corrected chi connectivity index (χ1v) is 8.47. The zero-order valence-electron chi connectivity index (χ0n) is 12.6. The fraction of sp³-hybridized carbons (Fsp3) is 0.211. The second kappa shape index (κ2) is 6.93. The van der Waals surface area contributed by atoms with Crippen molar-refractivity contribution in [2.45, 2.75) is 26.2 Å². The van der Waals surface area contributed by atoms with E-state index >= 15 is 0 Å². The molecule has 1 N–H and O–H groups in total. The van der Waals surface area contributed by atoms with Crippen LogP contribution in [0.5, 0.6) is 0 Å². The lowest BCUT2D eigenvalue weighted by Crippen LogP contribution is -1.89. The van der Waals surface area contributed by atoms with Gasteiger partial charge >= 0.3 is 0 Å². The molecule has 0 saturated carbocycles. The predicted molar refractivity (Wildman–Crippen MR) is 95.8 cm³/mol. The number of nitrogens with one attached hydrogen (secondary N) is 1. The Labute approximate surface area is 139 Å². The summed E-state index contributed by atoms with van der Waals surface area (Å²) in [6, 6.07) is 18.7. The minimum absolute atomic E-state index is 0.949. The molecule has 2 aromatic carbocycles. The Morgan fingerprint density at radius 2 is 1.68 bits per heavy atom. The number of aromatic nitrogens is 2. The zero-order valence-corrected chi connectivity index (χ0v) is 14.2. The summed E-state index contributed by atoms with van der Waals surface area (Å²) in [6.07, 6.45) is 3.38. The van der Waals surface area contributed by atoms with Crippen molar-refractivity contribution in [3.8, 4) is 22.6 Å². The molecule has 0 spiro atoms. The summed E-state index contributed by atoms with van der Waals surface area (Å²) in [7, 11) is 0. The van der Waals surface area contributed by atoms with Crippen LogP contribution in [-0.4, -0.2) is 9.97 Å². The van der Waals surface area contributed by atoms with E-state index in [1.807, 2.05) is 18.2 Å². The van der Waals surface area contributed by atoms with Crippen LogP contribution in [0.15, 0.2) is 59.1 Å². The first-order chi connectivity index (χ1) is 10.8. The highest BCUT2D eigenvalue weighted by Gasteiger charge is 2.13. The van der Waals surface area contributed by atoms with Crippen molar-refractivity contribution in [2.75, 3.05) is 0 Å². The lowest BCUT2D eigenvalue weighted by Gasteiger charge is -2.02. The van der Waals surface area contributed by atoms with Crippen molar-refractivity contribution in [3.63, 3.8) is 0 Å². The second-order valence-corrected chi connectivity index (χ2v) is 6.30. The van der Waals surface area contributed by atoms with E-state index < -0.39 is 0 Å². The topological polar surface area (TPSA) is 28.7 Å². The lowest BCUT2D eigenvalue weighted by atomic mass is 10.1. The first kappa shape index (κ1) is 15.0. The van der Waals surface area contributed by atoms with Crippen molar-refractivity contribution >= 4 is 15.9 Å². The smallest absolute Gasteiger partial charge is 0.138 e. The van der Waals surface area contributed by atoms with Gasteiger partial charge in [0.2, 0.25) is 0 Å². The summed E-state index contributed by atoms with van der Waals surface area (Å²) in [4.78, 5) is 8.39. The van der Waals surface area contributed by atoms with Gasteiger partial charge in [0.15, 0.2) is 0 Å². The molecule has 2 nitrogen and oxygen atoms in total. The number of nitrogens with zero attached hydrogens (tertiary/aromatic N) is 1. The Bertz CT molecular complexity index is 730. The number of imidazole rings is 1. The molecule has 22 heavy (non-hydrogen) atoms. The van der Waals surface area contributed by atoms with Crippen LogP contribution in [0.25, 0.3) is 22.6 Å². The van der Waals surface area contributed by atoms with Crippen molar-refractivity contribution in [1.82, 2.24) is 9.97 Å². The summed E-state index contributed by atoms with van der Waals surface area (Å²) >= 11 is 3.49. The maximum absolute atomic E-state index is 4.86. The Morgan fingerprint density at radius 1 is 0.955 bits per heavy atom. The quantitative estimate of drug-likeness (QED) is 0.611. The molecule has 112 valence electrons. The standard InChI is InChI=1S/C19H19BrN2/c1-2-3-9-17-18(14-10-12-16(20)13-11-14)22-19(21-17)15-7-5-4-6-8-15/h4-8,10-13H,2-3,9H2,1H3,(H,21,22). The van der Waals surface area contributed by atoms with Crippen LogP contribution in [-0.2, 0) is 6.42 Å². The van der Waals surface area contributed by atoms with E-state index in [0.717, 1.165) is 33.5 Å². The van der Waals surface area contributed by atoms with Gasteiger partial charge in [0, 0.05) is 21.3 Å². The molecule has 0 radical (unpaired) electrons. The van der Waals surface area contributed by atoms with Gasteiger partial charge in [0.05, 0.1) is 5.69 Å². The maximum Gasteiger partial charge on any atom is 0.138 e. The highest BCUT2D eigenvalue weighted by atomic mass is 79.9. The Kier molecular flexibility index (Phi) is 4.74. The average molecular weight is 355 g/mol. The van der Waals surface area contributed by atoms with E-state index in [0.29, 0.717) is 0 Å². The van der Waals surface area contributed by atoms with Crippen LogP contribution < -0.4 is 0 Å². The molecule has 3 rings (SSSR count). The van der Waals surface area contributed by atoms with Gasteiger partial charge < -0.3 is 4.98 Å². The Morgan fingerprint density at radius 3 is 2.36 bits per heavy atom. The second-order valence-electron chi connectivity index (χ2n) is 5.39. The van der Waals surface area contributed by atoms with Crippen LogP contribution in [0.2, 0.25) is 0 Å². The molecule has 0 saturated heterocycles. The average Bonchev–Trinajstić information content (AvgIpc) is 2.98. The summed E-state index contributed by atoms with van der Waals surface area (Å²) < 4.78 is 1.09.